The highest BCUT2D eigenvalue weighted by Gasteiger charge is 2.37. The molecule has 2 aromatic carbocycles. The largest absolute Gasteiger partial charge is 0.481 e. The lowest BCUT2D eigenvalue weighted by Gasteiger charge is -2.37. The second kappa shape index (κ2) is 14.3. The first-order chi connectivity index (χ1) is 22.4. The Balaban J connectivity index is 1.81. The Morgan fingerprint density at radius 1 is 1.08 bits per heavy atom. The number of carbonyl (C=O) groups is 2. The van der Waals surface area contributed by atoms with Gasteiger partial charge >= 0.3 is 12.1 Å². The normalized spacial score (nSPS) is 15.1. The predicted molar refractivity (Wildman–Crippen MR) is 171 cm³/mol. The summed E-state index contributed by atoms with van der Waals surface area (Å²) in [4.78, 5) is 41.2. The summed E-state index contributed by atoms with van der Waals surface area (Å²) in [6.45, 7) is 7.96. The van der Waals surface area contributed by atoms with Gasteiger partial charge in [0.2, 0.25) is 5.91 Å². The first kappa shape index (κ1) is 36.3. The highest BCUT2D eigenvalue weighted by Crippen LogP contribution is 2.36. The van der Waals surface area contributed by atoms with Crippen molar-refractivity contribution in [3.63, 3.8) is 0 Å². The smallest absolute Gasteiger partial charge is 0.416 e. The summed E-state index contributed by atoms with van der Waals surface area (Å²) in [5.74, 6) is -1.77. The zero-order chi connectivity index (χ0) is 35.7. The molecule has 0 spiro atoms. The summed E-state index contributed by atoms with van der Waals surface area (Å²) >= 11 is 0. The molecule has 1 saturated heterocycles. The van der Waals surface area contributed by atoms with Crippen LogP contribution in [-0.4, -0.2) is 46.6 Å². The molecule has 12 heteroatoms. The second-order valence-electron chi connectivity index (χ2n) is 13.0. The molecule has 2 heterocycles. The lowest BCUT2D eigenvalue weighted by Crippen LogP contribution is -2.45. The van der Waals surface area contributed by atoms with Crippen LogP contribution in [-0.2, 0) is 22.2 Å². The molecule has 0 bridgehead atoms. The van der Waals surface area contributed by atoms with Gasteiger partial charge in [0.25, 0.3) is 5.56 Å². The van der Waals surface area contributed by atoms with E-state index in [1.807, 2.05) is 11.9 Å². The van der Waals surface area contributed by atoms with Gasteiger partial charge in [-0.3, -0.25) is 14.4 Å². The molecular weight excluding hydrogens is 633 g/mol. The van der Waals surface area contributed by atoms with Crippen LogP contribution < -0.4 is 10.9 Å². The molecule has 1 fully saturated rings. The number of nitrogens with zero attached hydrogens (tertiary/aromatic N) is 2. The number of aryl methyl sites for hydroxylation is 2. The molecule has 256 valence electrons. The average Bonchev–Trinajstić information content (AvgIpc) is 2.94. The predicted octanol–water partition coefficient (Wildman–Crippen LogP) is 6.43. The van der Waals surface area contributed by atoms with Crippen LogP contribution >= 0.6 is 0 Å². The highest BCUT2D eigenvalue weighted by atomic mass is 19.4. The van der Waals surface area contributed by atoms with E-state index in [0.717, 1.165) is 10.8 Å². The minimum atomic E-state index is -4.80. The van der Waals surface area contributed by atoms with E-state index in [2.05, 4.69) is 11.2 Å². The molecule has 0 unspecified atom stereocenters. The number of benzene rings is 2. The summed E-state index contributed by atoms with van der Waals surface area (Å²) < 4.78 is 73.0. The van der Waals surface area contributed by atoms with Crippen LogP contribution in [0.15, 0.2) is 41.3 Å². The van der Waals surface area contributed by atoms with Gasteiger partial charge in [0.05, 0.1) is 23.6 Å². The molecule has 1 amide bonds. The zero-order valence-electron chi connectivity index (χ0n) is 27.3. The highest BCUT2D eigenvalue weighted by molar-refractivity contribution is 5.82. The number of carboxylic acids is 1. The van der Waals surface area contributed by atoms with Gasteiger partial charge in [-0.15, -0.1) is 6.42 Å². The summed E-state index contributed by atoms with van der Waals surface area (Å²) in [7, 11) is 1.84. The zero-order valence-corrected chi connectivity index (χ0v) is 27.3. The Kier molecular flexibility index (Phi) is 10.8. The maximum absolute atomic E-state index is 15.9. The number of carbonyl (C=O) groups excluding carboxylic acids is 1. The van der Waals surface area contributed by atoms with Crippen LogP contribution in [0.4, 0.5) is 22.0 Å². The second-order valence-corrected chi connectivity index (χ2v) is 13.0. The number of likely N-dealkylation sites (tertiary alicyclic amines) is 1. The van der Waals surface area contributed by atoms with Crippen molar-refractivity contribution >= 4 is 11.9 Å². The van der Waals surface area contributed by atoms with Crippen molar-refractivity contribution in [1.82, 2.24) is 14.8 Å². The fourth-order valence-corrected chi connectivity index (χ4v) is 6.52. The van der Waals surface area contributed by atoms with Gasteiger partial charge < -0.3 is 19.9 Å². The van der Waals surface area contributed by atoms with E-state index in [-0.39, 0.29) is 41.4 Å². The van der Waals surface area contributed by atoms with E-state index in [1.54, 1.807) is 27.7 Å². The summed E-state index contributed by atoms with van der Waals surface area (Å²) in [6.07, 6.45) is 1.13. The SMILES string of the molecule is C#Cc1cc(-c2c(C)cc(F)cc2C)cc([C@@H](CC(=O)O)NC(=O)[C@H](CC(C)C)n2cc(CC3CN(C)C3)c(C(F)(F)F)cc2=O)c1F. The lowest BCUT2D eigenvalue weighted by atomic mass is 9.90. The van der Waals surface area contributed by atoms with E-state index in [0.29, 0.717) is 41.4 Å². The minimum absolute atomic E-state index is 0.00853. The molecule has 48 heavy (non-hydrogen) atoms. The van der Waals surface area contributed by atoms with E-state index in [4.69, 9.17) is 6.42 Å². The van der Waals surface area contributed by atoms with Crippen LogP contribution in [0.1, 0.15) is 72.2 Å². The van der Waals surface area contributed by atoms with Crippen molar-refractivity contribution in [2.75, 3.05) is 20.1 Å². The molecule has 7 nitrogen and oxygen atoms in total. The Labute approximate surface area is 275 Å². The van der Waals surface area contributed by atoms with Crippen molar-refractivity contribution in [2.45, 2.75) is 65.2 Å². The number of aromatic nitrogens is 1. The monoisotopic (exact) mass is 671 g/mol. The molecule has 0 saturated carbocycles. The Hall–Kier alpha value is -4.50. The number of terminal acetylenes is 1. The Morgan fingerprint density at radius 3 is 2.23 bits per heavy atom. The number of alkyl halides is 3. The molecular formula is C36H38F5N3O4. The first-order valence-electron chi connectivity index (χ1n) is 15.5. The van der Waals surface area contributed by atoms with Gasteiger partial charge in [-0.05, 0) is 97.7 Å². The van der Waals surface area contributed by atoms with Crippen molar-refractivity contribution in [3.8, 4) is 23.5 Å². The van der Waals surface area contributed by atoms with E-state index < -0.39 is 59.3 Å². The number of aliphatic carboxylic acids is 1. The third-order valence-electron chi connectivity index (χ3n) is 8.56. The lowest BCUT2D eigenvalue weighted by molar-refractivity contribution is -0.139. The number of rotatable bonds is 11. The average molecular weight is 672 g/mol. The van der Waals surface area contributed by atoms with Crippen LogP contribution in [0.5, 0.6) is 0 Å². The number of nitrogens with one attached hydrogen (secondary N) is 1. The number of pyridine rings is 1. The van der Waals surface area contributed by atoms with Gasteiger partial charge in [-0.1, -0.05) is 19.8 Å². The standard InChI is InChI=1S/C36H38F5N3O4/c1-7-23-12-24(33-20(4)9-26(37)10-21(33)5)13-27(34(23)38)29(15-32(46)47)42-35(48)30(8-19(2)3)44-18-25(11-22-16-43(6)17-22)28(14-31(44)45)36(39,40)41/h1,9-10,12-14,18-19,22,29-30H,8,11,15-17H2,2-6H3,(H,42,48)(H,46,47)/t29-,30+/m1/s1. The number of hydrogen-bond donors (Lipinski definition) is 2. The number of carboxylic acid groups (broad SMARTS) is 1. The van der Waals surface area contributed by atoms with Crippen LogP contribution in [0, 0.1) is 49.7 Å². The third kappa shape index (κ3) is 8.13. The summed E-state index contributed by atoms with van der Waals surface area (Å²) in [6, 6.07) is 2.93. The van der Waals surface area contributed by atoms with Crippen molar-refractivity contribution in [3.05, 3.63) is 91.9 Å². The topological polar surface area (TPSA) is 91.6 Å². The minimum Gasteiger partial charge on any atom is -0.481 e. The van der Waals surface area contributed by atoms with Crippen LogP contribution in [0.2, 0.25) is 0 Å². The Morgan fingerprint density at radius 2 is 1.71 bits per heavy atom. The quantitative estimate of drug-likeness (QED) is 0.181. The van der Waals surface area contributed by atoms with E-state index in [9.17, 15) is 37.1 Å². The number of halogens is 5. The van der Waals surface area contributed by atoms with Gasteiger partial charge in [0, 0.05) is 30.9 Å². The summed E-state index contributed by atoms with van der Waals surface area (Å²) in [5, 5.41) is 12.3. The molecule has 1 aromatic heterocycles. The maximum atomic E-state index is 15.9. The van der Waals surface area contributed by atoms with Crippen molar-refractivity contribution in [1.29, 1.82) is 0 Å². The van der Waals surface area contributed by atoms with E-state index >= 15 is 4.39 Å². The molecule has 0 radical (unpaired) electrons. The van der Waals surface area contributed by atoms with E-state index in [1.165, 1.54) is 24.3 Å². The number of hydrogen-bond acceptors (Lipinski definition) is 4. The molecule has 2 atom stereocenters. The van der Waals surface area contributed by atoms with Crippen LogP contribution in [0.3, 0.4) is 0 Å². The summed E-state index contributed by atoms with van der Waals surface area (Å²) in [5.41, 5.74) is -0.820. The van der Waals surface area contributed by atoms with Crippen molar-refractivity contribution in [2.24, 2.45) is 11.8 Å². The van der Waals surface area contributed by atoms with Crippen molar-refractivity contribution < 1.29 is 36.6 Å². The fraction of sp³-hybridized carbons (Fsp3) is 0.417. The molecule has 0 aliphatic carbocycles. The molecule has 1 aliphatic heterocycles. The van der Waals surface area contributed by atoms with Crippen LogP contribution in [0.25, 0.3) is 11.1 Å². The van der Waals surface area contributed by atoms with Gasteiger partial charge in [-0.25, -0.2) is 8.78 Å². The van der Waals surface area contributed by atoms with Gasteiger partial charge in [-0.2, -0.15) is 13.2 Å². The van der Waals surface area contributed by atoms with Gasteiger partial charge in [0.1, 0.15) is 17.7 Å². The molecule has 4 rings (SSSR count). The molecule has 3 aromatic rings. The third-order valence-corrected chi connectivity index (χ3v) is 8.56. The van der Waals surface area contributed by atoms with Gasteiger partial charge in [0.15, 0.2) is 0 Å². The first-order valence-corrected chi connectivity index (χ1v) is 15.5. The molecule has 2 N–H and O–H groups in total. The Bertz CT molecular complexity index is 1800. The molecule has 1 aliphatic rings. The maximum Gasteiger partial charge on any atom is 0.416 e. The fourth-order valence-electron chi connectivity index (χ4n) is 6.52. The number of amides is 1.